The lowest BCUT2D eigenvalue weighted by Gasteiger charge is -2.22. The molecular weight excluding hydrogens is 371 g/mol. The molecule has 0 unspecified atom stereocenters. The number of aliphatic imine (C=N–C) groups is 1. The summed E-state index contributed by atoms with van der Waals surface area (Å²) in [6.07, 6.45) is 1.80. The maximum atomic E-state index is 11.2. The summed E-state index contributed by atoms with van der Waals surface area (Å²) in [6.45, 7) is 1.52. The molecule has 1 heterocycles. The lowest BCUT2D eigenvalue weighted by atomic mass is 10.2. The topological polar surface area (TPSA) is 45.8 Å². The summed E-state index contributed by atoms with van der Waals surface area (Å²) >= 11 is 11.7. The summed E-state index contributed by atoms with van der Waals surface area (Å²) in [6, 6.07) is 16.7. The van der Waals surface area contributed by atoms with E-state index < -0.39 is 0 Å². The van der Waals surface area contributed by atoms with Crippen LogP contribution in [0.15, 0.2) is 68.8 Å². The second-order valence-corrected chi connectivity index (χ2v) is 6.45. The van der Waals surface area contributed by atoms with Gasteiger partial charge in [0.05, 0.1) is 5.69 Å². The zero-order valence-electron chi connectivity index (χ0n) is 14.1. The van der Waals surface area contributed by atoms with Crippen LogP contribution in [-0.2, 0) is 0 Å². The third kappa shape index (κ3) is 4.65. The van der Waals surface area contributed by atoms with Gasteiger partial charge in [-0.3, -0.25) is 4.99 Å². The van der Waals surface area contributed by atoms with Crippen LogP contribution in [0.5, 0.6) is 0 Å². The Morgan fingerprint density at radius 3 is 2.38 bits per heavy atom. The number of benzene rings is 2. The van der Waals surface area contributed by atoms with Gasteiger partial charge in [-0.2, -0.15) is 0 Å². The number of anilines is 1. The van der Waals surface area contributed by atoms with Crippen LogP contribution in [-0.4, -0.2) is 31.1 Å². The SMILES string of the molecule is O=c1ccc2cc(N=Cc3ccc(N(CCCl)CCCl)cc3)ccc2o1. The third-order valence-electron chi connectivity index (χ3n) is 3.93. The second-order valence-electron chi connectivity index (χ2n) is 5.69. The molecule has 0 aliphatic rings. The van der Waals surface area contributed by atoms with Crippen LogP contribution in [0.25, 0.3) is 11.0 Å². The van der Waals surface area contributed by atoms with Crippen LogP contribution < -0.4 is 10.5 Å². The summed E-state index contributed by atoms with van der Waals surface area (Å²) in [5.74, 6) is 1.12. The van der Waals surface area contributed by atoms with Gasteiger partial charge in [-0.25, -0.2) is 4.79 Å². The fourth-order valence-electron chi connectivity index (χ4n) is 2.63. The Morgan fingerprint density at radius 2 is 1.69 bits per heavy atom. The Labute approximate surface area is 161 Å². The Bertz CT molecular complexity index is 946. The molecule has 0 aliphatic carbocycles. The smallest absolute Gasteiger partial charge is 0.336 e. The highest BCUT2D eigenvalue weighted by Crippen LogP contribution is 2.20. The molecule has 26 heavy (non-hydrogen) atoms. The van der Waals surface area contributed by atoms with E-state index in [9.17, 15) is 4.79 Å². The minimum Gasteiger partial charge on any atom is -0.423 e. The minimum absolute atomic E-state index is 0.355. The van der Waals surface area contributed by atoms with Crippen LogP contribution in [0.4, 0.5) is 11.4 Å². The molecule has 0 amide bonds. The third-order valence-corrected chi connectivity index (χ3v) is 4.27. The van der Waals surface area contributed by atoms with Crippen LogP contribution in [0, 0.1) is 0 Å². The van der Waals surface area contributed by atoms with Gasteiger partial charge in [0.15, 0.2) is 0 Å². The van der Waals surface area contributed by atoms with Gasteiger partial charge < -0.3 is 9.32 Å². The number of fused-ring (bicyclic) bond motifs is 1. The summed E-state index contributed by atoms with van der Waals surface area (Å²) < 4.78 is 5.12. The van der Waals surface area contributed by atoms with Crippen molar-refractivity contribution in [2.75, 3.05) is 29.7 Å². The van der Waals surface area contributed by atoms with E-state index >= 15 is 0 Å². The van der Waals surface area contributed by atoms with E-state index in [1.54, 1.807) is 18.3 Å². The van der Waals surface area contributed by atoms with Crippen molar-refractivity contribution in [2.45, 2.75) is 0 Å². The average Bonchev–Trinajstić information content (AvgIpc) is 2.66. The molecule has 3 aromatic rings. The van der Waals surface area contributed by atoms with Crippen molar-refractivity contribution in [3.63, 3.8) is 0 Å². The van der Waals surface area contributed by atoms with Crippen molar-refractivity contribution in [1.29, 1.82) is 0 Å². The number of halogens is 2. The number of hydrogen-bond acceptors (Lipinski definition) is 4. The Balaban J connectivity index is 1.76. The van der Waals surface area contributed by atoms with E-state index in [0.717, 1.165) is 35.4 Å². The summed E-state index contributed by atoms with van der Waals surface area (Å²) in [7, 11) is 0. The normalized spacial score (nSPS) is 11.3. The van der Waals surface area contributed by atoms with E-state index in [-0.39, 0.29) is 5.63 Å². The van der Waals surface area contributed by atoms with Crippen molar-refractivity contribution in [2.24, 2.45) is 4.99 Å². The van der Waals surface area contributed by atoms with Crippen molar-refractivity contribution in [3.8, 4) is 0 Å². The van der Waals surface area contributed by atoms with Gasteiger partial charge in [0.2, 0.25) is 0 Å². The Hall–Kier alpha value is -2.30. The fourth-order valence-corrected chi connectivity index (χ4v) is 3.04. The Morgan fingerprint density at radius 1 is 0.962 bits per heavy atom. The average molecular weight is 389 g/mol. The van der Waals surface area contributed by atoms with Gasteiger partial charge in [-0.05, 0) is 42.0 Å². The van der Waals surface area contributed by atoms with Crippen molar-refractivity contribution >= 4 is 51.8 Å². The van der Waals surface area contributed by atoms with Gasteiger partial charge in [0.1, 0.15) is 5.58 Å². The summed E-state index contributed by atoms with van der Waals surface area (Å²) in [4.78, 5) is 17.9. The molecule has 0 radical (unpaired) electrons. The van der Waals surface area contributed by atoms with E-state index in [4.69, 9.17) is 27.6 Å². The molecule has 0 spiro atoms. The van der Waals surface area contributed by atoms with Crippen molar-refractivity contribution in [3.05, 3.63) is 70.6 Å². The van der Waals surface area contributed by atoms with Crippen LogP contribution in [0.3, 0.4) is 0 Å². The van der Waals surface area contributed by atoms with Gasteiger partial charge in [-0.1, -0.05) is 12.1 Å². The maximum Gasteiger partial charge on any atom is 0.336 e. The summed E-state index contributed by atoms with van der Waals surface area (Å²) in [5.41, 5.74) is 3.07. The minimum atomic E-state index is -0.355. The molecule has 0 saturated heterocycles. The lowest BCUT2D eigenvalue weighted by molar-refractivity contribution is 0.561. The fraction of sp³-hybridized carbons (Fsp3) is 0.200. The molecule has 0 atom stereocenters. The van der Waals surface area contributed by atoms with E-state index in [2.05, 4.69) is 9.89 Å². The first kappa shape index (κ1) is 18.5. The second kappa shape index (κ2) is 8.88. The number of rotatable bonds is 7. The number of alkyl halides is 2. The molecule has 4 nitrogen and oxygen atoms in total. The molecule has 0 fully saturated rings. The lowest BCUT2D eigenvalue weighted by Crippen LogP contribution is -2.27. The van der Waals surface area contributed by atoms with Crippen molar-refractivity contribution < 1.29 is 4.42 Å². The highest BCUT2D eigenvalue weighted by atomic mass is 35.5. The van der Waals surface area contributed by atoms with E-state index in [1.165, 1.54) is 6.07 Å². The molecule has 134 valence electrons. The molecule has 2 aromatic carbocycles. The van der Waals surface area contributed by atoms with Crippen LogP contribution in [0.2, 0.25) is 0 Å². The molecule has 0 N–H and O–H groups in total. The first-order valence-electron chi connectivity index (χ1n) is 8.24. The number of hydrogen-bond donors (Lipinski definition) is 0. The maximum absolute atomic E-state index is 11.2. The van der Waals surface area contributed by atoms with Gasteiger partial charge in [-0.15, -0.1) is 23.2 Å². The summed E-state index contributed by atoms with van der Waals surface area (Å²) in [5, 5.41) is 0.840. The predicted molar refractivity (Wildman–Crippen MR) is 110 cm³/mol. The van der Waals surface area contributed by atoms with Crippen LogP contribution >= 0.6 is 23.2 Å². The Kier molecular flexibility index (Phi) is 6.31. The first-order chi connectivity index (χ1) is 12.7. The molecule has 1 aromatic heterocycles. The largest absolute Gasteiger partial charge is 0.423 e. The standard InChI is InChI=1S/C20H18Cl2N2O2/c21-9-11-24(12-10-22)18-5-1-15(2-6-18)14-23-17-4-7-19-16(13-17)3-8-20(25)26-19/h1-8,13-14H,9-12H2. The highest BCUT2D eigenvalue weighted by molar-refractivity contribution is 6.18. The molecule has 0 aliphatic heterocycles. The molecule has 6 heteroatoms. The van der Waals surface area contributed by atoms with Gasteiger partial charge in [0.25, 0.3) is 0 Å². The van der Waals surface area contributed by atoms with E-state index in [0.29, 0.717) is 17.3 Å². The predicted octanol–water partition coefficient (Wildman–Crippen LogP) is 4.83. The zero-order valence-corrected chi connectivity index (χ0v) is 15.6. The van der Waals surface area contributed by atoms with E-state index in [1.807, 2.05) is 36.4 Å². The monoisotopic (exact) mass is 388 g/mol. The van der Waals surface area contributed by atoms with Gasteiger partial charge in [0, 0.05) is 48.2 Å². The first-order valence-corrected chi connectivity index (χ1v) is 9.31. The highest BCUT2D eigenvalue weighted by Gasteiger charge is 2.04. The quantitative estimate of drug-likeness (QED) is 0.330. The number of nitrogens with zero attached hydrogens (tertiary/aromatic N) is 2. The molecule has 3 rings (SSSR count). The zero-order chi connectivity index (χ0) is 18.4. The van der Waals surface area contributed by atoms with Crippen LogP contribution in [0.1, 0.15) is 5.56 Å². The van der Waals surface area contributed by atoms with Gasteiger partial charge >= 0.3 is 5.63 Å². The molecule has 0 bridgehead atoms. The molecule has 0 saturated carbocycles. The van der Waals surface area contributed by atoms with Crippen molar-refractivity contribution in [1.82, 2.24) is 0 Å². The molecular formula is C20H18Cl2N2O2.